The summed E-state index contributed by atoms with van der Waals surface area (Å²) in [5.74, 6) is 0. The fourth-order valence-electron chi connectivity index (χ4n) is 3.08. The summed E-state index contributed by atoms with van der Waals surface area (Å²) in [6.07, 6.45) is 6.34. The molecule has 0 bridgehead atoms. The first-order valence-electron chi connectivity index (χ1n) is 7.73. The lowest BCUT2D eigenvalue weighted by Crippen LogP contribution is -2.32. The lowest BCUT2D eigenvalue weighted by atomic mass is 10.1. The van der Waals surface area contributed by atoms with Gasteiger partial charge in [-0.25, -0.2) is 9.13 Å². The summed E-state index contributed by atoms with van der Waals surface area (Å²) in [6, 6.07) is 10.6. The minimum atomic E-state index is 0.776. The van der Waals surface area contributed by atoms with Crippen molar-refractivity contribution in [2.24, 2.45) is 0 Å². The van der Waals surface area contributed by atoms with E-state index in [4.69, 9.17) is 0 Å². The van der Waals surface area contributed by atoms with Gasteiger partial charge in [-0.1, -0.05) is 39.7 Å². The topological polar surface area (TPSA) is 21.7 Å². The number of hydrogen-bond acceptors (Lipinski definition) is 1. The Hall–Kier alpha value is -1.94. The summed E-state index contributed by atoms with van der Waals surface area (Å²) < 4.78 is 4.36. The SMILES string of the molecule is Cc1cc(C)c(-n2cc[n+](Cc3cccc(CBr)n3)c2)c(C)c1. The third-order valence-corrected chi connectivity index (χ3v) is 4.51. The highest BCUT2D eigenvalue weighted by molar-refractivity contribution is 9.08. The number of imidazole rings is 1. The Labute approximate surface area is 145 Å². The molecule has 3 aromatic rings. The molecule has 3 nitrogen and oxygen atoms in total. The van der Waals surface area contributed by atoms with Crippen molar-refractivity contribution in [1.82, 2.24) is 9.55 Å². The van der Waals surface area contributed by atoms with E-state index < -0.39 is 0 Å². The van der Waals surface area contributed by atoms with E-state index in [-0.39, 0.29) is 0 Å². The number of alkyl halides is 1. The van der Waals surface area contributed by atoms with Crippen LogP contribution >= 0.6 is 15.9 Å². The largest absolute Gasteiger partial charge is 0.253 e. The van der Waals surface area contributed by atoms with Gasteiger partial charge in [0.05, 0.1) is 11.4 Å². The summed E-state index contributed by atoms with van der Waals surface area (Å²) in [6.45, 7) is 7.25. The van der Waals surface area contributed by atoms with E-state index in [1.54, 1.807) is 0 Å². The standard InChI is InChI=1S/C19H21BrN3/c1-14-9-15(2)19(16(3)10-14)23-8-7-22(13-23)12-18-6-4-5-17(11-20)21-18/h4-10,13H,11-12H2,1-3H3/q+1. The molecule has 0 fully saturated rings. The third kappa shape index (κ3) is 3.53. The Kier molecular flexibility index (Phi) is 4.62. The molecule has 1 aromatic carbocycles. The van der Waals surface area contributed by atoms with E-state index in [1.807, 2.05) is 6.07 Å². The minimum Gasteiger partial charge on any atom is -0.253 e. The van der Waals surface area contributed by atoms with Crippen LogP contribution in [0.15, 0.2) is 49.1 Å². The highest BCUT2D eigenvalue weighted by atomic mass is 79.9. The zero-order valence-corrected chi connectivity index (χ0v) is 15.3. The molecule has 2 heterocycles. The van der Waals surface area contributed by atoms with Crippen LogP contribution in [0.5, 0.6) is 0 Å². The van der Waals surface area contributed by atoms with Crippen LogP contribution in [-0.2, 0) is 11.9 Å². The number of aryl methyl sites for hydroxylation is 3. The van der Waals surface area contributed by atoms with Gasteiger partial charge in [0, 0.05) is 5.33 Å². The maximum atomic E-state index is 4.64. The second-order valence-electron chi connectivity index (χ2n) is 5.99. The Morgan fingerprint density at radius 1 is 1.09 bits per heavy atom. The fraction of sp³-hybridized carbons (Fsp3) is 0.263. The summed E-state index contributed by atoms with van der Waals surface area (Å²) in [4.78, 5) is 4.64. The minimum absolute atomic E-state index is 0.776. The van der Waals surface area contributed by atoms with Crippen molar-refractivity contribution >= 4 is 15.9 Å². The van der Waals surface area contributed by atoms with Gasteiger partial charge in [-0.15, -0.1) is 0 Å². The monoisotopic (exact) mass is 370 g/mol. The van der Waals surface area contributed by atoms with Gasteiger partial charge >= 0.3 is 0 Å². The van der Waals surface area contributed by atoms with Gasteiger partial charge in [-0.05, 0) is 44.0 Å². The van der Waals surface area contributed by atoms with E-state index in [9.17, 15) is 0 Å². The van der Waals surface area contributed by atoms with Crippen LogP contribution in [0.3, 0.4) is 0 Å². The molecular formula is C19H21BrN3+. The first-order chi connectivity index (χ1) is 11.1. The van der Waals surface area contributed by atoms with Gasteiger partial charge in [0.25, 0.3) is 0 Å². The molecule has 0 radical (unpaired) electrons. The highest BCUT2D eigenvalue weighted by Crippen LogP contribution is 2.20. The Bertz CT molecular complexity index is 813. The van der Waals surface area contributed by atoms with E-state index >= 15 is 0 Å². The van der Waals surface area contributed by atoms with Gasteiger partial charge < -0.3 is 0 Å². The maximum absolute atomic E-state index is 4.64. The van der Waals surface area contributed by atoms with Crippen LogP contribution in [-0.4, -0.2) is 9.55 Å². The van der Waals surface area contributed by atoms with Crippen molar-refractivity contribution in [3.63, 3.8) is 0 Å². The van der Waals surface area contributed by atoms with E-state index in [0.717, 1.165) is 23.3 Å². The van der Waals surface area contributed by atoms with Gasteiger partial charge in [0.15, 0.2) is 0 Å². The quantitative estimate of drug-likeness (QED) is 0.501. The zero-order valence-electron chi connectivity index (χ0n) is 13.8. The molecule has 0 saturated heterocycles. The van der Waals surface area contributed by atoms with Crippen LogP contribution in [0.2, 0.25) is 0 Å². The summed E-state index contributed by atoms with van der Waals surface area (Å²) >= 11 is 3.46. The van der Waals surface area contributed by atoms with Gasteiger partial charge in [-0.2, -0.15) is 0 Å². The first kappa shape index (κ1) is 15.9. The van der Waals surface area contributed by atoms with Crippen LogP contribution < -0.4 is 4.57 Å². The Morgan fingerprint density at radius 3 is 2.48 bits per heavy atom. The van der Waals surface area contributed by atoms with Gasteiger partial charge in [0.2, 0.25) is 6.33 Å². The fourth-order valence-corrected chi connectivity index (χ4v) is 3.39. The number of rotatable bonds is 4. The normalized spacial score (nSPS) is 11.0. The molecule has 0 amide bonds. The van der Waals surface area contributed by atoms with Crippen molar-refractivity contribution in [1.29, 1.82) is 0 Å². The van der Waals surface area contributed by atoms with Gasteiger partial charge in [0.1, 0.15) is 24.6 Å². The smallest absolute Gasteiger partial charge is 0.249 e. The van der Waals surface area contributed by atoms with Crippen LogP contribution in [0, 0.1) is 20.8 Å². The summed E-state index contributed by atoms with van der Waals surface area (Å²) in [7, 11) is 0. The molecule has 0 atom stereocenters. The molecule has 0 saturated carbocycles. The molecule has 2 aromatic heterocycles. The molecule has 0 spiro atoms. The van der Waals surface area contributed by atoms with Crippen molar-refractivity contribution in [3.8, 4) is 5.69 Å². The van der Waals surface area contributed by atoms with Crippen molar-refractivity contribution in [2.45, 2.75) is 32.6 Å². The number of pyridine rings is 1. The van der Waals surface area contributed by atoms with E-state index in [0.29, 0.717) is 0 Å². The predicted molar refractivity (Wildman–Crippen MR) is 96.1 cm³/mol. The van der Waals surface area contributed by atoms with E-state index in [1.165, 1.54) is 22.4 Å². The van der Waals surface area contributed by atoms with Crippen LogP contribution in [0.4, 0.5) is 0 Å². The van der Waals surface area contributed by atoms with Gasteiger partial charge in [-0.3, -0.25) is 4.98 Å². The van der Waals surface area contributed by atoms with E-state index in [2.05, 4.69) is 93.8 Å². The molecule has 118 valence electrons. The third-order valence-electron chi connectivity index (χ3n) is 3.93. The number of nitrogens with zero attached hydrogens (tertiary/aromatic N) is 3. The van der Waals surface area contributed by atoms with Crippen LogP contribution in [0.1, 0.15) is 28.1 Å². The number of hydrogen-bond donors (Lipinski definition) is 0. The molecule has 0 aliphatic rings. The lowest BCUT2D eigenvalue weighted by molar-refractivity contribution is -0.688. The van der Waals surface area contributed by atoms with Crippen molar-refractivity contribution in [3.05, 3.63) is 77.1 Å². The molecule has 0 unspecified atom stereocenters. The van der Waals surface area contributed by atoms with Crippen molar-refractivity contribution < 1.29 is 4.57 Å². The lowest BCUT2D eigenvalue weighted by Gasteiger charge is -2.07. The second kappa shape index (κ2) is 6.67. The molecule has 0 N–H and O–H groups in total. The number of benzene rings is 1. The molecule has 3 rings (SSSR count). The number of aromatic nitrogens is 3. The summed E-state index contributed by atoms with van der Waals surface area (Å²) in [5, 5.41) is 0.786. The molecule has 4 heteroatoms. The molecule has 0 aliphatic heterocycles. The summed E-state index contributed by atoms with van der Waals surface area (Å²) in [5.41, 5.74) is 7.29. The predicted octanol–water partition coefficient (Wildman–Crippen LogP) is 4.03. The van der Waals surface area contributed by atoms with Crippen LogP contribution in [0.25, 0.3) is 5.69 Å². The molecule has 0 aliphatic carbocycles. The Balaban J connectivity index is 1.89. The van der Waals surface area contributed by atoms with Crippen molar-refractivity contribution in [2.75, 3.05) is 0 Å². The second-order valence-corrected chi connectivity index (χ2v) is 6.56. The average Bonchev–Trinajstić information content (AvgIpc) is 2.94. The average molecular weight is 371 g/mol. The Morgan fingerprint density at radius 2 is 1.78 bits per heavy atom. The molecule has 23 heavy (non-hydrogen) atoms. The molecular weight excluding hydrogens is 350 g/mol. The zero-order chi connectivity index (χ0) is 16.4. The first-order valence-corrected chi connectivity index (χ1v) is 8.85. The maximum Gasteiger partial charge on any atom is 0.249 e. The number of halogens is 1. The highest BCUT2D eigenvalue weighted by Gasteiger charge is 2.13.